The molecule has 0 unspecified atom stereocenters. The van der Waals surface area contributed by atoms with E-state index in [-0.39, 0.29) is 5.56 Å². The number of carbonyl (C=O) groups excluding carboxylic acids is 1. The second-order valence-corrected chi connectivity index (χ2v) is 7.91. The maximum Gasteiger partial charge on any atom is 0.258 e. The first-order valence-electron chi connectivity index (χ1n) is 11.0. The summed E-state index contributed by atoms with van der Waals surface area (Å²) in [7, 11) is 0. The zero-order valence-electron chi connectivity index (χ0n) is 18.9. The topological polar surface area (TPSA) is 103 Å². The molecule has 1 amide bonds. The van der Waals surface area contributed by atoms with E-state index < -0.39 is 11.7 Å². The molecule has 2 heterocycles. The molecule has 2 aromatic heterocycles. The number of hydrogen-bond acceptors (Lipinski definition) is 6. The van der Waals surface area contributed by atoms with E-state index in [9.17, 15) is 14.4 Å². The summed E-state index contributed by atoms with van der Waals surface area (Å²) in [6.07, 6.45) is 5.01. The third-order valence-corrected chi connectivity index (χ3v) is 5.48. The summed E-state index contributed by atoms with van der Waals surface area (Å²) >= 11 is 0. The fourth-order valence-electron chi connectivity index (χ4n) is 3.69. The summed E-state index contributed by atoms with van der Waals surface area (Å²) < 4.78 is 14.9. The third kappa shape index (κ3) is 4.95. The highest BCUT2D eigenvalue weighted by Gasteiger charge is 2.13. The zero-order valence-corrected chi connectivity index (χ0v) is 18.9. The standard InChI is InChI=1S/C28H19FN6O/c29-25-16-22(34-27-11-14-32-26-8-1-18(17-30)15-24(26)27)6-7-23(25)28(36)35-20-4-2-19(3-5-20)33-21-9-12-31-13-10-21/h1-16H,(H,31,33)(H,32,34)(H,35,36). The van der Waals surface area contributed by atoms with Gasteiger partial charge >= 0.3 is 0 Å². The van der Waals surface area contributed by atoms with Gasteiger partial charge in [-0.1, -0.05) is 0 Å². The molecule has 0 aliphatic carbocycles. The minimum atomic E-state index is -0.662. The monoisotopic (exact) mass is 474 g/mol. The van der Waals surface area contributed by atoms with Crippen LogP contribution in [0.5, 0.6) is 0 Å². The van der Waals surface area contributed by atoms with Crippen LogP contribution in [0.1, 0.15) is 15.9 Å². The van der Waals surface area contributed by atoms with Crippen molar-refractivity contribution in [3.8, 4) is 6.07 Å². The number of hydrogen-bond donors (Lipinski definition) is 3. The number of rotatable bonds is 6. The number of nitriles is 1. The number of carbonyl (C=O) groups is 1. The molecule has 174 valence electrons. The maximum atomic E-state index is 14.9. The molecule has 0 aliphatic heterocycles. The number of fused-ring (bicyclic) bond motifs is 1. The Kier molecular flexibility index (Phi) is 6.19. The van der Waals surface area contributed by atoms with Crippen LogP contribution in [0.15, 0.2) is 97.5 Å². The highest BCUT2D eigenvalue weighted by atomic mass is 19.1. The molecule has 0 aliphatic rings. The lowest BCUT2D eigenvalue weighted by atomic mass is 10.1. The van der Waals surface area contributed by atoms with E-state index in [1.807, 2.05) is 24.3 Å². The average Bonchev–Trinajstić information content (AvgIpc) is 2.90. The first kappa shape index (κ1) is 22.5. The van der Waals surface area contributed by atoms with Crippen LogP contribution in [0, 0.1) is 17.1 Å². The van der Waals surface area contributed by atoms with Gasteiger partial charge in [0.2, 0.25) is 0 Å². The van der Waals surface area contributed by atoms with E-state index in [1.54, 1.807) is 61.1 Å². The minimum Gasteiger partial charge on any atom is -0.355 e. The van der Waals surface area contributed by atoms with Gasteiger partial charge in [-0.05, 0) is 78.9 Å². The molecule has 3 aromatic carbocycles. The first-order valence-corrected chi connectivity index (χ1v) is 11.0. The molecular formula is C28H19FN6O. The Labute approximate surface area is 206 Å². The highest BCUT2D eigenvalue weighted by molar-refractivity contribution is 6.05. The third-order valence-electron chi connectivity index (χ3n) is 5.48. The van der Waals surface area contributed by atoms with E-state index in [1.165, 1.54) is 12.1 Å². The van der Waals surface area contributed by atoms with Crippen LogP contribution in [-0.4, -0.2) is 15.9 Å². The van der Waals surface area contributed by atoms with Gasteiger partial charge in [-0.2, -0.15) is 5.26 Å². The quantitative estimate of drug-likeness (QED) is 0.264. The van der Waals surface area contributed by atoms with Crippen molar-refractivity contribution in [2.75, 3.05) is 16.0 Å². The molecule has 7 nitrogen and oxygen atoms in total. The molecule has 3 N–H and O–H groups in total. The van der Waals surface area contributed by atoms with E-state index in [4.69, 9.17) is 0 Å². The minimum absolute atomic E-state index is 0.0779. The van der Waals surface area contributed by atoms with Gasteiger partial charge in [-0.3, -0.25) is 14.8 Å². The maximum absolute atomic E-state index is 14.9. The van der Waals surface area contributed by atoms with Crippen LogP contribution >= 0.6 is 0 Å². The molecule has 36 heavy (non-hydrogen) atoms. The van der Waals surface area contributed by atoms with Crippen LogP contribution in [-0.2, 0) is 0 Å². The van der Waals surface area contributed by atoms with Crippen LogP contribution < -0.4 is 16.0 Å². The Morgan fingerprint density at radius 3 is 2.25 bits per heavy atom. The molecule has 5 rings (SSSR count). The van der Waals surface area contributed by atoms with Gasteiger partial charge in [0, 0.05) is 52.4 Å². The Balaban J connectivity index is 1.29. The smallest absolute Gasteiger partial charge is 0.258 e. The van der Waals surface area contributed by atoms with E-state index in [0.717, 1.165) is 16.8 Å². The van der Waals surface area contributed by atoms with E-state index in [0.29, 0.717) is 28.1 Å². The molecule has 8 heteroatoms. The Morgan fingerprint density at radius 2 is 1.50 bits per heavy atom. The Hall–Kier alpha value is -5.29. The van der Waals surface area contributed by atoms with Crippen molar-refractivity contribution in [1.29, 1.82) is 5.26 Å². The van der Waals surface area contributed by atoms with Crippen LogP contribution in [0.4, 0.5) is 32.8 Å². The Bertz CT molecular complexity index is 1600. The predicted octanol–water partition coefficient (Wildman–Crippen LogP) is 6.38. The van der Waals surface area contributed by atoms with Crippen molar-refractivity contribution >= 4 is 45.2 Å². The number of aromatic nitrogens is 2. The second kappa shape index (κ2) is 9.91. The zero-order chi connectivity index (χ0) is 24.9. The largest absolute Gasteiger partial charge is 0.355 e. The number of nitrogens with one attached hydrogen (secondary N) is 3. The molecule has 0 saturated heterocycles. The normalized spacial score (nSPS) is 10.4. The van der Waals surface area contributed by atoms with Crippen LogP contribution in [0.3, 0.4) is 0 Å². The molecule has 0 spiro atoms. The van der Waals surface area contributed by atoms with Gasteiger partial charge in [0.1, 0.15) is 5.82 Å². The summed E-state index contributed by atoms with van der Waals surface area (Å²) in [5.41, 5.74) is 4.54. The average molecular weight is 474 g/mol. The molecule has 0 radical (unpaired) electrons. The van der Waals surface area contributed by atoms with Crippen molar-refractivity contribution in [1.82, 2.24) is 9.97 Å². The summed E-state index contributed by atoms with van der Waals surface area (Å²) in [5, 5.41) is 19.0. The van der Waals surface area contributed by atoms with Gasteiger partial charge in [0.05, 0.1) is 22.7 Å². The number of benzene rings is 3. The molecule has 0 atom stereocenters. The highest BCUT2D eigenvalue weighted by Crippen LogP contribution is 2.27. The van der Waals surface area contributed by atoms with Crippen molar-refractivity contribution in [2.45, 2.75) is 0 Å². The van der Waals surface area contributed by atoms with Crippen molar-refractivity contribution < 1.29 is 9.18 Å². The van der Waals surface area contributed by atoms with E-state index >= 15 is 0 Å². The molecule has 0 bridgehead atoms. The lowest BCUT2D eigenvalue weighted by Gasteiger charge is -2.12. The van der Waals surface area contributed by atoms with Gasteiger partial charge < -0.3 is 16.0 Å². The summed E-state index contributed by atoms with van der Waals surface area (Å²) in [5.74, 6) is -1.22. The molecule has 0 saturated carbocycles. The van der Waals surface area contributed by atoms with Gasteiger partial charge in [0.25, 0.3) is 5.91 Å². The van der Waals surface area contributed by atoms with Crippen LogP contribution in [0.25, 0.3) is 10.9 Å². The summed E-state index contributed by atoms with van der Waals surface area (Å²) in [6, 6.07) is 24.1. The molecular weight excluding hydrogens is 455 g/mol. The molecule has 0 fully saturated rings. The number of pyridine rings is 2. The fourth-order valence-corrected chi connectivity index (χ4v) is 3.69. The van der Waals surface area contributed by atoms with Crippen molar-refractivity contribution in [3.05, 3.63) is 114 Å². The van der Waals surface area contributed by atoms with Crippen molar-refractivity contribution in [2.24, 2.45) is 0 Å². The first-order chi connectivity index (χ1) is 17.6. The lowest BCUT2D eigenvalue weighted by Crippen LogP contribution is -2.14. The molecule has 5 aromatic rings. The van der Waals surface area contributed by atoms with Crippen molar-refractivity contribution in [3.63, 3.8) is 0 Å². The van der Waals surface area contributed by atoms with E-state index in [2.05, 4.69) is 32.0 Å². The lowest BCUT2D eigenvalue weighted by molar-refractivity contribution is 0.102. The second-order valence-electron chi connectivity index (χ2n) is 7.91. The number of halogens is 1. The SMILES string of the molecule is N#Cc1ccc2nccc(Nc3ccc(C(=O)Nc4ccc(Nc5ccncc5)cc4)c(F)c3)c2c1. The number of amides is 1. The van der Waals surface area contributed by atoms with Crippen LogP contribution in [0.2, 0.25) is 0 Å². The summed E-state index contributed by atoms with van der Waals surface area (Å²) in [4.78, 5) is 21.0. The predicted molar refractivity (Wildman–Crippen MR) is 138 cm³/mol. The van der Waals surface area contributed by atoms with Gasteiger partial charge in [-0.25, -0.2) is 4.39 Å². The van der Waals surface area contributed by atoms with Gasteiger partial charge in [-0.15, -0.1) is 0 Å². The fraction of sp³-hybridized carbons (Fsp3) is 0. The number of anilines is 5. The Morgan fingerprint density at radius 1 is 0.778 bits per heavy atom. The number of nitrogens with zero attached hydrogens (tertiary/aromatic N) is 3. The summed E-state index contributed by atoms with van der Waals surface area (Å²) in [6.45, 7) is 0. The van der Waals surface area contributed by atoms with Gasteiger partial charge in [0.15, 0.2) is 0 Å².